The number of hydrogen-bond donors (Lipinski definition) is 1. The first-order valence-electron chi connectivity index (χ1n) is 13.1. The number of carbonyl (C=O) groups is 2. The Kier molecular flexibility index (Phi) is 8.36. The summed E-state index contributed by atoms with van der Waals surface area (Å²) in [5, 5.41) is 20.5. The van der Waals surface area contributed by atoms with Crippen molar-refractivity contribution in [3.05, 3.63) is 117 Å². The fraction of sp³-hybridized carbons (Fsp3) is 0.167. The number of hydrogen-bond acceptors (Lipinski definition) is 8. The molecule has 0 saturated carbocycles. The normalized spacial score (nSPS) is 14.7. The Balaban J connectivity index is 1.24. The van der Waals surface area contributed by atoms with Crippen molar-refractivity contribution < 1.29 is 14.0 Å². The highest BCUT2D eigenvalue weighted by atomic mass is 79.9. The third kappa shape index (κ3) is 6.10. The van der Waals surface area contributed by atoms with Crippen molar-refractivity contribution in [3.8, 4) is 5.69 Å². The van der Waals surface area contributed by atoms with Crippen molar-refractivity contribution in [1.29, 1.82) is 0 Å². The van der Waals surface area contributed by atoms with Crippen molar-refractivity contribution in [2.24, 2.45) is 5.10 Å². The van der Waals surface area contributed by atoms with E-state index in [4.69, 9.17) is 9.52 Å². The van der Waals surface area contributed by atoms with Gasteiger partial charge in [0.1, 0.15) is 0 Å². The van der Waals surface area contributed by atoms with Gasteiger partial charge in [0.2, 0.25) is 0 Å². The Morgan fingerprint density at radius 2 is 1.88 bits per heavy atom. The molecule has 212 valence electrons. The Morgan fingerprint density at radius 1 is 1.07 bits per heavy atom. The molecule has 1 aliphatic rings. The molecule has 5 aromatic rings. The van der Waals surface area contributed by atoms with Crippen LogP contribution in [0.3, 0.4) is 0 Å². The smallest absolute Gasteiger partial charge is 0.287 e. The second kappa shape index (κ2) is 12.5. The van der Waals surface area contributed by atoms with Crippen LogP contribution in [0.2, 0.25) is 0 Å². The number of thioether (sulfide) groups is 1. The largest absolute Gasteiger partial charge is 0.459 e. The summed E-state index contributed by atoms with van der Waals surface area (Å²) >= 11 is 6.38. The number of furan rings is 1. The van der Waals surface area contributed by atoms with Crippen LogP contribution in [-0.2, 0) is 11.3 Å². The SMILES string of the molecule is Cc1ccc(C2CC(c3cccs3)=NN2C(=O)CSc2nnc(CNC(=O)c3ccco3)n2-c2ccc(Br)cc2)cc1. The van der Waals surface area contributed by atoms with Crippen LogP contribution in [-0.4, -0.2) is 43.1 Å². The van der Waals surface area contributed by atoms with Gasteiger partial charge in [-0.2, -0.15) is 5.10 Å². The molecule has 1 atom stereocenters. The highest BCUT2D eigenvalue weighted by Gasteiger charge is 2.33. The Morgan fingerprint density at radius 3 is 2.60 bits per heavy atom. The van der Waals surface area contributed by atoms with Crippen molar-refractivity contribution in [2.45, 2.75) is 31.1 Å². The summed E-state index contributed by atoms with van der Waals surface area (Å²) in [5.41, 5.74) is 3.91. The summed E-state index contributed by atoms with van der Waals surface area (Å²) in [4.78, 5) is 27.2. The lowest BCUT2D eigenvalue weighted by Crippen LogP contribution is -2.28. The topological polar surface area (TPSA) is 106 Å². The molecule has 0 spiro atoms. The summed E-state index contributed by atoms with van der Waals surface area (Å²) in [6.07, 6.45) is 2.09. The molecular formula is C30H25BrN6O3S2. The number of aromatic nitrogens is 3. The van der Waals surface area contributed by atoms with Crippen LogP contribution in [0.25, 0.3) is 5.69 Å². The molecule has 0 aliphatic carbocycles. The van der Waals surface area contributed by atoms with Gasteiger partial charge in [-0.05, 0) is 60.3 Å². The number of carbonyl (C=O) groups excluding carboxylic acids is 2. The van der Waals surface area contributed by atoms with Crippen LogP contribution in [0, 0.1) is 6.92 Å². The molecule has 2 aromatic carbocycles. The zero-order valence-corrected chi connectivity index (χ0v) is 25.7. The van der Waals surface area contributed by atoms with Gasteiger partial charge in [0, 0.05) is 16.6 Å². The first kappa shape index (κ1) is 28.1. The first-order valence-corrected chi connectivity index (χ1v) is 15.8. The lowest BCUT2D eigenvalue weighted by Gasteiger charge is -2.22. The van der Waals surface area contributed by atoms with Crippen LogP contribution in [0.15, 0.2) is 104 Å². The van der Waals surface area contributed by atoms with Crippen molar-refractivity contribution in [1.82, 2.24) is 25.1 Å². The van der Waals surface area contributed by atoms with Crippen LogP contribution in [0.4, 0.5) is 0 Å². The fourth-order valence-corrected chi connectivity index (χ4v) is 6.39. The van der Waals surface area contributed by atoms with Gasteiger partial charge in [0.15, 0.2) is 16.7 Å². The van der Waals surface area contributed by atoms with Gasteiger partial charge in [-0.25, -0.2) is 5.01 Å². The summed E-state index contributed by atoms with van der Waals surface area (Å²) in [7, 11) is 0. The molecule has 1 N–H and O–H groups in total. The minimum atomic E-state index is -0.356. The number of nitrogens with one attached hydrogen (secondary N) is 1. The Bertz CT molecular complexity index is 1720. The molecule has 1 aliphatic heterocycles. The molecule has 0 saturated heterocycles. The van der Waals surface area contributed by atoms with E-state index < -0.39 is 0 Å². The number of halogens is 1. The van der Waals surface area contributed by atoms with Gasteiger partial charge in [0.05, 0.1) is 35.2 Å². The second-order valence-corrected chi connectivity index (χ2v) is 12.4. The van der Waals surface area contributed by atoms with Gasteiger partial charge >= 0.3 is 0 Å². The number of amides is 2. The maximum atomic E-state index is 13.7. The average Bonchev–Trinajstić information content (AvgIpc) is 3.82. The summed E-state index contributed by atoms with van der Waals surface area (Å²) in [5.74, 6) is 0.349. The van der Waals surface area contributed by atoms with E-state index >= 15 is 0 Å². The molecule has 0 fully saturated rings. The number of rotatable bonds is 9. The molecule has 0 bridgehead atoms. The minimum Gasteiger partial charge on any atom is -0.459 e. The lowest BCUT2D eigenvalue weighted by atomic mass is 10.00. The number of nitrogens with zero attached hydrogens (tertiary/aromatic N) is 5. The average molecular weight is 662 g/mol. The van der Waals surface area contributed by atoms with Gasteiger partial charge in [0.25, 0.3) is 11.8 Å². The van der Waals surface area contributed by atoms with Crippen molar-refractivity contribution in [2.75, 3.05) is 5.75 Å². The molecule has 2 amide bonds. The van der Waals surface area contributed by atoms with Gasteiger partial charge in [-0.1, -0.05) is 63.6 Å². The van der Waals surface area contributed by atoms with Crippen LogP contribution >= 0.6 is 39.0 Å². The predicted octanol–water partition coefficient (Wildman–Crippen LogP) is 6.39. The van der Waals surface area contributed by atoms with Gasteiger partial charge in [-0.3, -0.25) is 14.2 Å². The molecule has 42 heavy (non-hydrogen) atoms. The minimum absolute atomic E-state index is 0.108. The van der Waals surface area contributed by atoms with Crippen LogP contribution in [0.1, 0.15) is 44.8 Å². The summed E-state index contributed by atoms with van der Waals surface area (Å²) < 4.78 is 7.96. The zero-order chi connectivity index (χ0) is 29.1. The van der Waals surface area contributed by atoms with E-state index in [1.807, 2.05) is 53.3 Å². The van der Waals surface area contributed by atoms with Gasteiger partial charge < -0.3 is 9.73 Å². The third-order valence-electron chi connectivity index (χ3n) is 6.70. The Hall–Kier alpha value is -4.00. The molecular weight excluding hydrogens is 636 g/mol. The monoisotopic (exact) mass is 660 g/mol. The van der Waals surface area contributed by atoms with E-state index in [0.29, 0.717) is 17.4 Å². The van der Waals surface area contributed by atoms with Crippen molar-refractivity contribution >= 4 is 56.6 Å². The molecule has 1 unspecified atom stereocenters. The molecule has 6 rings (SSSR count). The highest BCUT2D eigenvalue weighted by Crippen LogP contribution is 2.35. The van der Waals surface area contributed by atoms with Crippen LogP contribution < -0.4 is 5.32 Å². The van der Waals surface area contributed by atoms with E-state index in [2.05, 4.69) is 55.7 Å². The first-order chi connectivity index (χ1) is 20.5. The number of thiophene rings is 1. The third-order valence-corrected chi connectivity index (χ3v) is 9.06. The molecule has 0 radical (unpaired) electrons. The zero-order valence-electron chi connectivity index (χ0n) is 22.4. The maximum absolute atomic E-state index is 13.7. The molecule has 12 heteroatoms. The fourth-order valence-electron chi connectivity index (χ4n) is 4.58. The van der Waals surface area contributed by atoms with Gasteiger partial charge in [-0.15, -0.1) is 21.5 Å². The van der Waals surface area contributed by atoms with E-state index in [-0.39, 0.29) is 35.9 Å². The summed E-state index contributed by atoms with van der Waals surface area (Å²) in [6, 6.07) is 23.0. The quantitative estimate of drug-likeness (QED) is 0.184. The molecule has 9 nitrogen and oxygen atoms in total. The van der Waals surface area contributed by atoms with Crippen LogP contribution in [0.5, 0.6) is 0 Å². The number of aryl methyl sites for hydroxylation is 1. The standard InChI is InChI=1S/C30H25BrN6O3S2/c1-19-6-8-20(9-7-19)24-16-23(26-5-3-15-41-26)35-37(24)28(38)18-42-30-34-33-27(17-32-29(39)25-4-2-14-40-25)36(30)22-12-10-21(31)11-13-22/h2-15,24H,16-18H2,1H3,(H,32,39). The summed E-state index contributed by atoms with van der Waals surface area (Å²) in [6.45, 7) is 2.16. The van der Waals surface area contributed by atoms with E-state index in [0.717, 1.165) is 31.9 Å². The number of benzene rings is 2. The number of hydrazone groups is 1. The maximum Gasteiger partial charge on any atom is 0.287 e. The molecule has 4 heterocycles. The van der Waals surface area contributed by atoms with E-state index in [9.17, 15) is 9.59 Å². The van der Waals surface area contributed by atoms with Crippen molar-refractivity contribution in [3.63, 3.8) is 0 Å². The highest BCUT2D eigenvalue weighted by molar-refractivity contribution is 9.10. The Labute approximate surface area is 258 Å². The predicted molar refractivity (Wildman–Crippen MR) is 166 cm³/mol. The second-order valence-electron chi connectivity index (χ2n) is 9.55. The van der Waals surface area contributed by atoms with E-state index in [1.165, 1.54) is 18.0 Å². The molecule has 3 aromatic heterocycles. The lowest BCUT2D eigenvalue weighted by molar-refractivity contribution is -0.130. The van der Waals surface area contributed by atoms with E-state index in [1.54, 1.807) is 28.5 Å².